The van der Waals surface area contributed by atoms with E-state index in [4.69, 9.17) is 4.98 Å². The van der Waals surface area contributed by atoms with Gasteiger partial charge in [0.25, 0.3) is 0 Å². The lowest BCUT2D eigenvalue weighted by Crippen LogP contribution is -2.31. The summed E-state index contributed by atoms with van der Waals surface area (Å²) >= 11 is 0. The molecule has 0 radical (unpaired) electrons. The molecule has 0 bridgehead atoms. The molecule has 0 spiro atoms. The Labute approximate surface area is 148 Å². The van der Waals surface area contributed by atoms with Gasteiger partial charge in [0.15, 0.2) is 11.6 Å². The summed E-state index contributed by atoms with van der Waals surface area (Å²) in [5.74, 6) is 1.65. The lowest BCUT2D eigenvalue weighted by Gasteiger charge is -2.29. The number of aryl methyl sites for hydroxylation is 1. The first kappa shape index (κ1) is 15.8. The van der Waals surface area contributed by atoms with Crippen LogP contribution in [0.5, 0.6) is 0 Å². The van der Waals surface area contributed by atoms with E-state index in [9.17, 15) is 0 Å². The third kappa shape index (κ3) is 3.38. The van der Waals surface area contributed by atoms with Gasteiger partial charge in [0.1, 0.15) is 5.69 Å². The van der Waals surface area contributed by atoms with Gasteiger partial charge in [-0.05, 0) is 26.2 Å². The van der Waals surface area contributed by atoms with Crippen LogP contribution < -0.4 is 4.90 Å². The number of rotatable bonds is 3. The molecule has 0 aliphatic carbocycles. The largest absolute Gasteiger partial charge is 0.355 e. The molecule has 4 nitrogen and oxygen atoms in total. The van der Waals surface area contributed by atoms with Crippen LogP contribution >= 0.6 is 0 Å². The molecule has 0 unspecified atom stereocenters. The molecule has 2 aromatic carbocycles. The van der Waals surface area contributed by atoms with Gasteiger partial charge in [-0.1, -0.05) is 60.2 Å². The Balaban J connectivity index is 1.81. The number of hydrogen-bond acceptors (Lipinski definition) is 4. The molecule has 0 amide bonds. The zero-order valence-corrected chi connectivity index (χ0v) is 14.5. The van der Waals surface area contributed by atoms with Crippen LogP contribution in [-0.2, 0) is 0 Å². The number of nitrogens with zero attached hydrogens (tertiary/aromatic N) is 4. The SMILES string of the molecule is Cc1ccc(-c2nnc(-c3ccccc3)nc2N2CCCCC2)cc1. The van der Waals surface area contributed by atoms with Crippen molar-refractivity contribution in [1.82, 2.24) is 15.2 Å². The quantitative estimate of drug-likeness (QED) is 0.709. The van der Waals surface area contributed by atoms with Crippen LogP contribution in [0.1, 0.15) is 24.8 Å². The van der Waals surface area contributed by atoms with E-state index in [0.717, 1.165) is 35.7 Å². The standard InChI is InChI=1S/C21H22N4/c1-16-10-12-17(13-11-16)19-21(25-14-6-3-7-15-25)22-20(24-23-19)18-8-4-2-5-9-18/h2,4-5,8-13H,3,6-7,14-15H2,1H3. The summed E-state index contributed by atoms with van der Waals surface area (Å²) in [6.45, 7) is 4.16. The molecule has 3 aromatic rings. The normalized spacial score (nSPS) is 14.5. The van der Waals surface area contributed by atoms with Crippen molar-refractivity contribution in [1.29, 1.82) is 0 Å². The van der Waals surface area contributed by atoms with Gasteiger partial charge in [0, 0.05) is 24.2 Å². The third-order valence-electron chi connectivity index (χ3n) is 4.68. The molecule has 1 aliphatic rings. The molecule has 0 saturated carbocycles. The first-order valence-corrected chi connectivity index (χ1v) is 8.93. The van der Waals surface area contributed by atoms with Crippen LogP contribution in [0.25, 0.3) is 22.6 Å². The van der Waals surface area contributed by atoms with Gasteiger partial charge < -0.3 is 4.90 Å². The topological polar surface area (TPSA) is 41.9 Å². The predicted molar refractivity (Wildman–Crippen MR) is 102 cm³/mol. The summed E-state index contributed by atoms with van der Waals surface area (Å²) in [6.07, 6.45) is 3.70. The maximum absolute atomic E-state index is 4.92. The van der Waals surface area contributed by atoms with E-state index in [1.54, 1.807) is 0 Å². The molecule has 4 heteroatoms. The summed E-state index contributed by atoms with van der Waals surface area (Å²) in [5, 5.41) is 8.99. The maximum Gasteiger partial charge on any atom is 0.183 e. The van der Waals surface area contributed by atoms with Gasteiger partial charge in [0.05, 0.1) is 0 Å². The molecule has 25 heavy (non-hydrogen) atoms. The first-order valence-electron chi connectivity index (χ1n) is 8.93. The van der Waals surface area contributed by atoms with E-state index in [-0.39, 0.29) is 0 Å². The number of benzene rings is 2. The zero-order valence-electron chi connectivity index (χ0n) is 14.5. The molecular formula is C21H22N4. The minimum atomic E-state index is 0.692. The Morgan fingerprint density at radius 3 is 2.20 bits per heavy atom. The maximum atomic E-state index is 4.92. The highest BCUT2D eigenvalue weighted by molar-refractivity contribution is 5.73. The van der Waals surface area contributed by atoms with Gasteiger partial charge in [0.2, 0.25) is 0 Å². The van der Waals surface area contributed by atoms with Crippen LogP contribution in [0, 0.1) is 6.92 Å². The van der Waals surface area contributed by atoms with Crippen LogP contribution in [0.4, 0.5) is 5.82 Å². The van der Waals surface area contributed by atoms with Crippen molar-refractivity contribution in [2.75, 3.05) is 18.0 Å². The predicted octanol–water partition coefficient (Wildman–Crippen LogP) is 4.50. The van der Waals surface area contributed by atoms with E-state index in [1.165, 1.54) is 24.8 Å². The monoisotopic (exact) mass is 330 g/mol. The molecule has 2 heterocycles. The second-order valence-electron chi connectivity index (χ2n) is 6.59. The van der Waals surface area contributed by atoms with E-state index >= 15 is 0 Å². The second kappa shape index (κ2) is 7.01. The van der Waals surface area contributed by atoms with Crippen molar-refractivity contribution in [2.24, 2.45) is 0 Å². The highest BCUT2D eigenvalue weighted by Gasteiger charge is 2.20. The molecular weight excluding hydrogens is 308 g/mol. The van der Waals surface area contributed by atoms with Crippen LogP contribution in [0.2, 0.25) is 0 Å². The third-order valence-corrected chi connectivity index (χ3v) is 4.68. The Kier molecular flexibility index (Phi) is 4.42. The molecule has 0 N–H and O–H groups in total. The number of piperidine rings is 1. The van der Waals surface area contributed by atoms with Crippen LogP contribution in [-0.4, -0.2) is 28.3 Å². The summed E-state index contributed by atoms with van der Waals surface area (Å²) in [6, 6.07) is 18.5. The molecule has 4 rings (SSSR count). The average Bonchev–Trinajstić information content (AvgIpc) is 2.70. The Bertz CT molecular complexity index is 838. The Morgan fingerprint density at radius 2 is 1.48 bits per heavy atom. The fraction of sp³-hybridized carbons (Fsp3) is 0.286. The smallest absolute Gasteiger partial charge is 0.183 e. The molecule has 1 aromatic heterocycles. The molecule has 1 fully saturated rings. The summed E-state index contributed by atoms with van der Waals surface area (Å²) in [4.78, 5) is 7.28. The number of aromatic nitrogens is 3. The first-order chi connectivity index (χ1) is 12.3. The van der Waals surface area contributed by atoms with Crippen molar-refractivity contribution < 1.29 is 0 Å². The molecule has 1 aliphatic heterocycles. The van der Waals surface area contributed by atoms with Crippen molar-refractivity contribution in [2.45, 2.75) is 26.2 Å². The minimum absolute atomic E-state index is 0.692. The van der Waals surface area contributed by atoms with Gasteiger partial charge in [-0.15, -0.1) is 10.2 Å². The highest BCUT2D eigenvalue weighted by Crippen LogP contribution is 2.30. The summed E-state index contributed by atoms with van der Waals surface area (Å²) in [7, 11) is 0. The van der Waals surface area contributed by atoms with Crippen LogP contribution in [0.15, 0.2) is 54.6 Å². The molecule has 0 atom stereocenters. The van der Waals surface area contributed by atoms with Crippen molar-refractivity contribution in [3.8, 4) is 22.6 Å². The van der Waals surface area contributed by atoms with Crippen molar-refractivity contribution in [3.05, 3.63) is 60.2 Å². The van der Waals surface area contributed by atoms with E-state index in [1.807, 2.05) is 30.3 Å². The van der Waals surface area contributed by atoms with Gasteiger partial charge >= 0.3 is 0 Å². The fourth-order valence-electron chi connectivity index (χ4n) is 3.25. The second-order valence-corrected chi connectivity index (χ2v) is 6.59. The van der Waals surface area contributed by atoms with Gasteiger partial charge in [-0.2, -0.15) is 0 Å². The van der Waals surface area contributed by atoms with Gasteiger partial charge in [-0.3, -0.25) is 0 Å². The fourth-order valence-corrected chi connectivity index (χ4v) is 3.25. The van der Waals surface area contributed by atoms with Crippen molar-refractivity contribution >= 4 is 5.82 Å². The summed E-state index contributed by atoms with van der Waals surface area (Å²) in [5.41, 5.74) is 4.20. The van der Waals surface area contributed by atoms with Crippen molar-refractivity contribution in [3.63, 3.8) is 0 Å². The van der Waals surface area contributed by atoms with E-state index in [0.29, 0.717) is 5.82 Å². The molecule has 126 valence electrons. The number of hydrogen-bond donors (Lipinski definition) is 0. The lowest BCUT2D eigenvalue weighted by molar-refractivity contribution is 0.572. The number of anilines is 1. The zero-order chi connectivity index (χ0) is 17.1. The van der Waals surface area contributed by atoms with Gasteiger partial charge in [-0.25, -0.2) is 4.98 Å². The molecule has 1 saturated heterocycles. The van der Waals surface area contributed by atoms with E-state index < -0.39 is 0 Å². The minimum Gasteiger partial charge on any atom is -0.355 e. The Morgan fingerprint density at radius 1 is 0.760 bits per heavy atom. The van der Waals surface area contributed by atoms with Crippen LogP contribution in [0.3, 0.4) is 0 Å². The lowest BCUT2D eigenvalue weighted by atomic mass is 10.1. The average molecular weight is 330 g/mol. The van der Waals surface area contributed by atoms with E-state index in [2.05, 4.69) is 46.3 Å². The summed E-state index contributed by atoms with van der Waals surface area (Å²) < 4.78 is 0. The Hall–Kier alpha value is -2.75. The highest BCUT2D eigenvalue weighted by atomic mass is 15.3.